The Morgan fingerprint density at radius 1 is 1.17 bits per heavy atom. The highest BCUT2D eigenvalue weighted by Gasteiger charge is 2.19. The van der Waals surface area contributed by atoms with Gasteiger partial charge in [-0.25, -0.2) is 0 Å². The van der Waals surface area contributed by atoms with Crippen molar-refractivity contribution < 1.29 is 14.6 Å². The lowest BCUT2D eigenvalue weighted by atomic mass is 10.0. The van der Waals surface area contributed by atoms with Gasteiger partial charge in [-0.15, -0.1) is 0 Å². The summed E-state index contributed by atoms with van der Waals surface area (Å²) in [7, 11) is 1.50. The summed E-state index contributed by atoms with van der Waals surface area (Å²) in [5, 5.41) is 12.6. The molecule has 0 saturated heterocycles. The van der Waals surface area contributed by atoms with Crippen molar-refractivity contribution in [3.63, 3.8) is 0 Å². The van der Waals surface area contributed by atoms with Gasteiger partial charge in [-0.2, -0.15) is 0 Å². The second kappa shape index (κ2) is 7.29. The minimum absolute atomic E-state index is 0.298. The van der Waals surface area contributed by atoms with Gasteiger partial charge in [0.15, 0.2) is 6.10 Å². The zero-order chi connectivity index (χ0) is 17.0. The molecule has 4 heteroatoms. The van der Waals surface area contributed by atoms with E-state index in [4.69, 9.17) is 4.74 Å². The summed E-state index contributed by atoms with van der Waals surface area (Å²) in [4.78, 5) is 11.7. The number of amides is 1. The van der Waals surface area contributed by atoms with Crippen LogP contribution >= 0.6 is 0 Å². The summed E-state index contributed by atoms with van der Waals surface area (Å²) in [6, 6.07) is 11.3. The number of carbonyl (C=O) groups excluding carboxylic acids is 1. The van der Waals surface area contributed by atoms with Crippen LogP contribution in [0.15, 0.2) is 36.4 Å². The summed E-state index contributed by atoms with van der Waals surface area (Å²) in [5.74, 6) is 0.356. The lowest BCUT2D eigenvalue weighted by molar-refractivity contribution is -0.129. The zero-order valence-corrected chi connectivity index (χ0v) is 14.0. The Balaban J connectivity index is 2.20. The van der Waals surface area contributed by atoms with E-state index in [0.29, 0.717) is 12.2 Å². The fourth-order valence-corrected chi connectivity index (χ4v) is 2.45. The molecule has 0 aromatic heterocycles. The van der Waals surface area contributed by atoms with E-state index in [0.717, 1.165) is 11.3 Å². The van der Waals surface area contributed by atoms with Crippen molar-refractivity contribution in [2.75, 3.05) is 7.05 Å². The van der Waals surface area contributed by atoms with Gasteiger partial charge in [0.05, 0.1) is 0 Å². The third kappa shape index (κ3) is 3.90. The van der Waals surface area contributed by atoms with Crippen molar-refractivity contribution in [2.24, 2.45) is 0 Å². The maximum absolute atomic E-state index is 11.7. The summed E-state index contributed by atoms with van der Waals surface area (Å²) >= 11 is 0. The van der Waals surface area contributed by atoms with Crippen molar-refractivity contribution in [2.45, 2.75) is 33.5 Å². The summed E-state index contributed by atoms with van der Waals surface area (Å²) in [5.41, 5.74) is 4.97. The number of likely N-dealkylation sites (N-methyl/N-ethyl adjacent to an activating group) is 1. The van der Waals surface area contributed by atoms with Crippen molar-refractivity contribution in [3.8, 4) is 5.75 Å². The Hall–Kier alpha value is -2.33. The van der Waals surface area contributed by atoms with E-state index in [1.165, 1.54) is 23.7 Å². The van der Waals surface area contributed by atoms with Crippen molar-refractivity contribution >= 4 is 5.91 Å². The molecule has 2 aromatic carbocycles. The predicted molar refractivity (Wildman–Crippen MR) is 90.5 cm³/mol. The van der Waals surface area contributed by atoms with Crippen LogP contribution in [0.1, 0.15) is 33.9 Å². The van der Waals surface area contributed by atoms with Crippen LogP contribution in [0.2, 0.25) is 0 Å². The number of aryl methyl sites for hydroxylation is 2. The second-order valence-corrected chi connectivity index (χ2v) is 5.69. The molecule has 2 aromatic rings. The fraction of sp³-hybridized carbons (Fsp3) is 0.316. The number of ether oxygens (including phenoxy) is 1. The molecule has 4 nitrogen and oxygen atoms in total. The van der Waals surface area contributed by atoms with Crippen LogP contribution < -0.4 is 10.1 Å². The van der Waals surface area contributed by atoms with Gasteiger partial charge in [-0.05, 0) is 60.7 Å². The van der Waals surface area contributed by atoms with E-state index >= 15 is 0 Å². The highest BCUT2D eigenvalue weighted by Crippen LogP contribution is 2.24. The van der Waals surface area contributed by atoms with Crippen LogP contribution in [0.4, 0.5) is 0 Å². The number of carbonyl (C=O) groups is 1. The van der Waals surface area contributed by atoms with Crippen LogP contribution in [0.5, 0.6) is 5.75 Å². The molecule has 0 heterocycles. The molecule has 1 amide bonds. The first kappa shape index (κ1) is 17.0. The molecule has 0 aliphatic rings. The molecule has 122 valence electrons. The number of rotatable bonds is 5. The quantitative estimate of drug-likeness (QED) is 0.892. The molecule has 0 aliphatic carbocycles. The van der Waals surface area contributed by atoms with Gasteiger partial charge < -0.3 is 15.2 Å². The summed E-state index contributed by atoms with van der Waals surface area (Å²) < 4.78 is 5.87. The Kier molecular flexibility index (Phi) is 5.40. The Morgan fingerprint density at radius 3 is 2.39 bits per heavy atom. The Morgan fingerprint density at radius 2 is 1.78 bits per heavy atom. The van der Waals surface area contributed by atoms with Gasteiger partial charge in [-0.3, -0.25) is 4.79 Å². The summed E-state index contributed by atoms with van der Waals surface area (Å²) in [6.45, 7) is 6.49. The predicted octanol–water partition coefficient (Wildman–Crippen LogP) is 2.97. The molecule has 23 heavy (non-hydrogen) atoms. The Bertz CT molecular complexity index is 687. The summed E-state index contributed by atoms with van der Waals surface area (Å²) in [6.07, 6.45) is -1.19. The average Bonchev–Trinajstić information content (AvgIpc) is 2.56. The zero-order valence-electron chi connectivity index (χ0n) is 14.0. The third-order valence-electron chi connectivity index (χ3n) is 4.14. The minimum Gasteiger partial charge on any atom is -0.489 e. The first-order valence-corrected chi connectivity index (χ1v) is 7.62. The number of aliphatic hydroxyl groups excluding tert-OH is 1. The molecule has 0 radical (unpaired) electrons. The standard InChI is InChI=1S/C19H23NO3/c1-12-9-16(10-13(2)14(12)3)23-11-15-7-5-6-8-17(15)18(21)19(22)20-4/h5-10,18,21H,11H2,1-4H3,(H,20,22). The maximum atomic E-state index is 11.7. The number of nitrogens with one attached hydrogen (secondary N) is 1. The maximum Gasteiger partial charge on any atom is 0.253 e. The highest BCUT2D eigenvalue weighted by molar-refractivity contribution is 5.82. The van der Waals surface area contributed by atoms with Gasteiger partial charge in [0.1, 0.15) is 12.4 Å². The molecule has 0 fully saturated rings. The molecule has 1 atom stereocenters. The van der Waals surface area contributed by atoms with Crippen LogP contribution in [0.3, 0.4) is 0 Å². The third-order valence-corrected chi connectivity index (χ3v) is 4.14. The van der Waals surface area contributed by atoms with Gasteiger partial charge in [-0.1, -0.05) is 24.3 Å². The Labute approximate surface area is 137 Å². The SMILES string of the molecule is CNC(=O)C(O)c1ccccc1COc1cc(C)c(C)c(C)c1. The van der Waals surface area contributed by atoms with Crippen LogP contribution in [0, 0.1) is 20.8 Å². The van der Waals surface area contributed by atoms with Gasteiger partial charge >= 0.3 is 0 Å². The van der Waals surface area contributed by atoms with E-state index in [1.807, 2.05) is 24.3 Å². The number of benzene rings is 2. The lowest BCUT2D eigenvalue weighted by Gasteiger charge is -2.16. The monoisotopic (exact) mass is 313 g/mol. The second-order valence-electron chi connectivity index (χ2n) is 5.69. The number of hydrogen-bond donors (Lipinski definition) is 2. The first-order chi connectivity index (χ1) is 10.9. The van der Waals surface area contributed by atoms with Crippen LogP contribution in [-0.4, -0.2) is 18.1 Å². The highest BCUT2D eigenvalue weighted by atomic mass is 16.5. The van der Waals surface area contributed by atoms with Gasteiger partial charge in [0.2, 0.25) is 0 Å². The molecule has 0 spiro atoms. The minimum atomic E-state index is -1.19. The molecule has 0 bridgehead atoms. The van der Waals surface area contributed by atoms with Crippen LogP contribution in [0.25, 0.3) is 0 Å². The molecule has 0 aliphatic heterocycles. The van der Waals surface area contributed by atoms with E-state index in [9.17, 15) is 9.90 Å². The smallest absolute Gasteiger partial charge is 0.253 e. The molecular weight excluding hydrogens is 290 g/mol. The molecule has 1 unspecified atom stereocenters. The van der Waals surface area contributed by atoms with E-state index in [-0.39, 0.29) is 0 Å². The fourth-order valence-electron chi connectivity index (χ4n) is 2.45. The van der Waals surface area contributed by atoms with Gasteiger partial charge in [0.25, 0.3) is 5.91 Å². The van der Waals surface area contributed by atoms with Crippen molar-refractivity contribution in [3.05, 3.63) is 64.2 Å². The van der Waals surface area contributed by atoms with Crippen molar-refractivity contribution in [1.29, 1.82) is 0 Å². The first-order valence-electron chi connectivity index (χ1n) is 7.62. The van der Waals surface area contributed by atoms with Gasteiger partial charge in [0, 0.05) is 7.05 Å². The molecule has 2 N–H and O–H groups in total. The molecule has 2 rings (SSSR count). The average molecular weight is 313 g/mol. The van der Waals surface area contributed by atoms with E-state index < -0.39 is 12.0 Å². The number of hydrogen-bond acceptors (Lipinski definition) is 3. The van der Waals surface area contributed by atoms with E-state index in [2.05, 4.69) is 26.1 Å². The number of aliphatic hydroxyl groups is 1. The van der Waals surface area contributed by atoms with Crippen molar-refractivity contribution in [1.82, 2.24) is 5.32 Å². The van der Waals surface area contributed by atoms with Crippen LogP contribution in [-0.2, 0) is 11.4 Å². The largest absolute Gasteiger partial charge is 0.489 e. The topological polar surface area (TPSA) is 58.6 Å². The lowest BCUT2D eigenvalue weighted by Crippen LogP contribution is -2.26. The molecule has 0 saturated carbocycles. The van der Waals surface area contributed by atoms with E-state index in [1.54, 1.807) is 12.1 Å². The molecular formula is C19H23NO3. The normalized spacial score (nSPS) is 11.9.